The number of hydrogen-bond donors (Lipinski definition) is 4. The summed E-state index contributed by atoms with van der Waals surface area (Å²) in [5, 5.41) is 17.3. The van der Waals surface area contributed by atoms with E-state index >= 15 is 0 Å². The number of benzene rings is 1. The molecular weight excluding hydrogens is 260 g/mol. The van der Waals surface area contributed by atoms with Crippen molar-refractivity contribution < 1.29 is 23.5 Å². The Morgan fingerprint density at radius 3 is 2.33 bits per heavy atom. The molecule has 1 amide bonds. The highest BCUT2D eigenvalue weighted by atomic mass is 32.2. The molecule has 8 heteroatoms. The Hall–Kier alpha value is -1.48. The van der Waals surface area contributed by atoms with E-state index in [1.54, 1.807) is 19.1 Å². The van der Waals surface area contributed by atoms with Gasteiger partial charge in [-0.25, -0.2) is 13.9 Å². The van der Waals surface area contributed by atoms with E-state index in [0.717, 1.165) is 5.56 Å². The summed E-state index contributed by atoms with van der Waals surface area (Å²) < 4.78 is 25.7. The van der Waals surface area contributed by atoms with E-state index < -0.39 is 28.6 Å². The Balaban J connectivity index is 2.94. The molecule has 0 saturated heterocycles. The lowest BCUT2D eigenvalue weighted by Gasteiger charge is -2.14. The van der Waals surface area contributed by atoms with Crippen molar-refractivity contribution in [1.29, 1.82) is 0 Å². The van der Waals surface area contributed by atoms with Crippen LogP contribution in [-0.4, -0.2) is 37.3 Å². The Kier molecular flexibility index (Phi) is 4.79. The fourth-order valence-corrected chi connectivity index (χ4v) is 2.41. The maximum atomic E-state index is 11.8. The predicted molar refractivity (Wildman–Crippen MR) is 62.3 cm³/mol. The van der Waals surface area contributed by atoms with Crippen LogP contribution in [0.4, 0.5) is 0 Å². The molecule has 0 heterocycles. The number of aliphatic hydroxyl groups excluding tert-OH is 1. The van der Waals surface area contributed by atoms with Gasteiger partial charge in [0.05, 0.1) is 11.5 Å². The van der Waals surface area contributed by atoms with E-state index in [4.69, 9.17) is 10.3 Å². The molecule has 0 radical (unpaired) electrons. The van der Waals surface area contributed by atoms with Crippen molar-refractivity contribution in [2.45, 2.75) is 17.9 Å². The molecule has 0 fully saturated rings. The average molecular weight is 274 g/mol. The SMILES string of the molecule is Cc1ccc(S(=O)(=O)N[C@@H](CO)C(=O)NO)cc1. The molecule has 100 valence electrons. The first-order valence-electron chi connectivity index (χ1n) is 5.04. The Labute approximate surface area is 104 Å². The van der Waals surface area contributed by atoms with Crippen molar-refractivity contribution in [3.8, 4) is 0 Å². The molecule has 1 atom stereocenters. The molecule has 0 saturated carbocycles. The van der Waals surface area contributed by atoms with Gasteiger partial charge in [-0.2, -0.15) is 4.72 Å². The summed E-state index contributed by atoms with van der Waals surface area (Å²) in [4.78, 5) is 11.0. The molecule has 0 bridgehead atoms. The number of aliphatic hydroxyl groups is 1. The molecule has 0 unspecified atom stereocenters. The van der Waals surface area contributed by atoms with Crippen LogP contribution in [0.15, 0.2) is 29.2 Å². The Morgan fingerprint density at radius 2 is 1.89 bits per heavy atom. The molecule has 0 aliphatic carbocycles. The number of hydrogen-bond acceptors (Lipinski definition) is 5. The first-order chi connectivity index (χ1) is 8.40. The van der Waals surface area contributed by atoms with Crippen molar-refractivity contribution in [3.63, 3.8) is 0 Å². The summed E-state index contributed by atoms with van der Waals surface area (Å²) in [6.45, 7) is 1.04. The second kappa shape index (κ2) is 5.91. The van der Waals surface area contributed by atoms with Gasteiger partial charge in [0.1, 0.15) is 6.04 Å². The fourth-order valence-electron chi connectivity index (χ4n) is 1.22. The quantitative estimate of drug-likeness (QED) is 0.412. The third-order valence-electron chi connectivity index (χ3n) is 2.24. The minimum atomic E-state index is -3.93. The lowest BCUT2D eigenvalue weighted by atomic mass is 10.2. The van der Waals surface area contributed by atoms with Crippen molar-refractivity contribution in [1.82, 2.24) is 10.2 Å². The molecule has 18 heavy (non-hydrogen) atoms. The zero-order chi connectivity index (χ0) is 13.8. The molecule has 1 rings (SSSR count). The van der Waals surface area contributed by atoms with Crippen LogP contribution in [0, 0.1) is 6.92 Å². The standard InChI is InChI=1S/C10H14N2O5S/c1-7-2-4-8(5-3-7)18(16,17)12-9(6-13)10(14)11-15/h2-5,9,12-13,15H,6H2,1H3,(H,11,14)/t9-/m0/s1. The number of carbonyl (C=O) groups excluding carboxylic acids is 1. The zero-order valence-electron chi connectivity index (χ0n) is 9.62. The van der Waals surface area contributed by atoms with Gasteiger partial charge in [0.25, 0.3) is 5.91 Å². The molecule has 0 aliphatic heterocycles. The highest BCUT2D eigenvalue weighted by Crippen LogP contribution is 2.10. The third-order valence-corrected chi connectivity index (χ3v) is 3.73. The Morgan fingerprint density at radius 1 is 1.33 bits per heavy atom. The predicted octanol–water partition coefficient (Wildman–Crippen LogP) is -0.860. The van der Waals surface area contributed by atoms with E-state index in [9.17, 15) is 13.2 Å². The Bertz CT molecular complexity index is 512. The van der Waals surface area contributed by atoms with Crippen LogP contribution in [0.25, 0.3) is 0 Å². The number of amides is 1. The van der Waals surface area contributed by atoms with E-state index in [-0.39, 0.29) is 4.90 Å². The van der Waals surface area contributed by atoms with Crippen molar-refractivity contribution in [3.05, 3.63) is 29.8 Å². The minimum absolute atomic E-state index is 0.0303. The number of nitrogens with one attached hydrogen (secondary N) is 2. The molecule has 0 aliphatic rings. The lowest BCUT2D eigenvalue weighted by Crippen LogP contribution is -2.47. The maximum absolute atomic E-state index is 11.8. The molecule has 1 aromatic rings. The van der Waals surface area contributed by atoms with Gasteiger partial charge in [-0.05, 0) is 19.1 Å². The second-order valence-electron chi connectivity index (χ2n) is 3.65. The molecule has 7 nitrogen and oxygen atoms in total. The first-order valence-corrected chi connectivity index (χ1v) is 6.53. The highest BCUT2D eigenvalue weighted by molar-refractivity contribution is 7.89. The average Bonchev–Trinajstić information content (AvgIpc) is 2.35. The number of hydroxylamine groups is 1. The summed E-state index contributed by atoms with van der Waals surface area (Å²) in [6.07, 6.45) is 0. The van der Waals surface area contributed by atoms with Gasteiger partial charge < -0.3 is 5.11 Å². The van der Waals surface area contributed by atoms with Crippen LogP contribution in [0.2, 0.25) is 0 Å². The lowest BCUT2D eigenvalue weighted by molar-refractivity contribution is -0.131. The maximum Gasteiger partial charge on any atom is 0.263 e. The van der Waals surface area contributed by atoms with Crippen molar-refractivity contribution in [2.75, 3.05) is 6.61 Å². The van der Waals surface area contributed by atoms with Gasteiger partial charge in [0.2, 0.25) is 10.0 Å². The van der Waals surface area contributed by atoms with Gasteiger partial charge in [0.15, 0.2) is 0 Å². The topological polar surface area (TPSA) is 116 Å². The molecule has 4 N–H and O–H groups in total. The number of sulfonamides is 1. The van der Waals surface area contributed by atoms with Gasteiger partial charge in [0, 0.05) is 0 Å². The van der Waals surface area contributed by atoms with E-state index in [1.807, 2.05) is 4.72 Å². The second-order valence-corrected chi connectivity index (χ2v) is 5.36. The molecule has 0 aromatic heterocycles. The monoisotopic (exact) mass is 274 g/mol. The summed E-state index contributed by atoms with van der Waals surface area (Å²) >= 11 is 0. The van der Waals surface area contributed by atoms with Gasteiger partial charge in [-0.3, -0.25) is 10.0 Å². The summed E-state index contributed by atoms with van der Waals surface area (Å²) in [5.41, 5.74) is 2.16. The fraction of sp³-hybridized carbons (Fsp3) is 0.300. The van der Waals surface area contributed by atoms with Crippen molar-refractivity contribution >= 4 is 15.9 Å². The van der Waals surface area contributed by atoms with E-state index in [2.05, 4.69) is 0 Å². The normalized spacial score (nSPS) is 13.1. The summed E-state index contributed by atoms with van der Waals surface area (Å²) in [5.74, 6) is -1.03. The molecular formula is C10H14N2O5S. The zero-order valence-corrected chi connectivity index (χ0v) is 10.4. The van der Waals surface area contributed by atoms with Crippen LogP contribution in [0.3, 0.4) is 0 Å². The summed E-state index contributed by atoms with van der Waals surface area (Å²) in [6, 6.07) is 4.52. The number of rotatable bonds is 5. The number of aryl methyl sites for hydroxylation is 1. The molecule has 0 spiro atoms. The highest BCUT2D eigenvalue weighted by Gasteiger charge is 2.24. The van der Waals surface area contributed by atoms with Gasteiger partial charge in [-0.1, -0.05) is 17.7 Å². The third kappa shape index (κ3) is 3.50. The van der Waals surface area contributed by atoms with E-state index in [1.165, 1.54) is 17.6 Å². The minimum Gasteiger partial charge on any atom is -0.394 e. The van der Waals surface area contributed by atoms with Crippen LogP contribution < -0.4 is 10.2 Å². The van der Waals surface area contributed by atoms with Crippen LogP contribution in [0.5, 0.6) is 0 Å². The molecule has 1 aromatic carbocycles. The first kappa shape index (κ1) is 14.6. The van der Waals surface area contributed by atoms with Crippen LogP contribution in [-0.2, 0) is 14.8 Å². The largest absolute Gasteiger partial charge is 0.394 e. The summed E-state index contributed by atoms with van der Waals surface area (Å²) in [7, 11) is -3.93. The van der Waals surface area contributed by atoms with Crippen LogP contribution in [0.1, 0.15) is 5.56 Å². The van der Waals surface area contributed by atoms with Gasteiger partial charge in [-0.15, -0.1) is 0 Å². The van der Waals surface area contributed by atoms with Crippen molar-refractivity contribution in [2.24, 2.45) is 0 Å². The van der Waals surface area contributed by atoms with Gasteiger partial charge >= 0.3 is 0 Å². The van der Waals surface area contributed by atoms with E-state index in [0.29, 0.717) is 0 Å². The smallest absolute Gasteiger partial charge is 0.263 e. The number of carbonyl (C=O) groups is 1. The van der Waals surface area contributed by atoms with Crippen LogP contribution >= 0.6 is 0 Å².